The Morgan fingerprint density at radius 3 is 1.32 bits per heavy atom. The lowest BCUT2D eigenvalue weighted by atomic mass is 9.72. The van der Waals surface area contributed by atoms with Gasteiger partial charge in [-0.05, 0) is 86.2 Å². The number of carbonyl (C=O) groups excluding carboxylic acids is 2. The molecule has 2 aliphatic carbocycles. The molecule has 0 unspecified atom stereocenters. The van der Waals surface area contributed by atoms with Crippen molar-refractivity contribution in [3.05, 3.63) is 44.8 Å². The Labute approximate surface area is 305 Å². The number of nitrogens with zero attached hydrogens (tertiary/aromatic N) is 6. The highest BCUT2D eigenvalue weighted by Gasteiger charge is 2.38. The van der Waals surface area contributed by atoms with Crippen LogP contribution in [0.3, 0.4) is 0 Å². The quantitative estimate of drug-likeness (QED) is 0.0619. The minimum Gasteiger partial charge on any atom is -0.462 e. The molecule has 0 saturated carbocycles. The summed E-state index contributed by atoms with van der Waals surface area (Å²) in [4.78, 5) is 30.5. The van der Waals surface area contributed by atoms with Gasteiger partial charge >= 0.3 is 11.9 Å². The van der Waals surface area contributed by atoms with Gasteiger partial charge in [0.1, 0.15) is 35.4 Å². The van der Waals surface area contributed by atoms with Gasteiger partial charge in [-0.2, -0.15) is 21.0 Å². The van der Waals surface area contributed by atoms with E-state index in [0.717, 1.165) is 87.6 Å². The van der Waals surface area contributed by atoms with Crippen molar-refractivity contribution in [2.24, 2.45) is 10.8 Å². The molecule has 0 atom stereocenters. The summed E-state index contributed by atoms with van der Waals surface area (Å²) in [6.45, 7) is 12.3. The number of esters is 2. The van der Waals surface area contributed by atoms with Crippen LogP contribution in [-0.4, -0.2) is 72.6 Å². The first-order chi connectivity index (χ1) is 23.9. The fourth-order valence-electron chi connectivity index (χ4n) is 7.20. The standard InChI is InChI=1S/C38H48N6O4S2/c1-37(2)19-27(29(23-39)33(21-37)43-11-5-6-12-43)31(25-41)35(45)47-15-9-17-49-50-18-10-16-48-36(46)32(26-42)28-20-38(3,4)22-34(30(28)24-40)44-13-7-8-14-44/h5-22H2,1-4H3/b31-27+,32-28+. The molecule has 4 aliphatic rings. The van der Waals surface area contributed by atoms with Gasteiger partial charge in [0.2, 0.25) is 0 Å². The molecule has 0 radical (unpaired) electrons. The number of nitriles is 4. The largest absolute Gasteiger partial charge is 0.462 e. The molecular weight excluding hydrogens is 669 g/mol. The van der Waals surface area contributed by atoms with E-state index in [4.69, 9.17) is 9.47 Å². The monoisotopic (exact) mass is 716 g/mol. The number of hydrogen-bond acceptors (Lipinski definition) is 12. The van der Waals surface area contributed by atoms with E-state index in [9.17, 15) is 30.6 Å². The van der Waals surface area contributed by atoms with Gasteiger partial charge in [0.05, 0.1) is 24.4 Å². The predicted octanol–water partition coefficient (Wildman–Crippen LogP) is 7.26. The number of ether oxygens (including phenoxy) is 2. The Hall–Kier alpha value is -3.84. The zero-order chi connectivity index (χ0) is 36.3. The number of likely N-dealkylation sites (tertiary alicyclic amines) is 2. The number of hydrogen-bond donors (Lipinski definition) is 0. The van der Waals surface area contributed by atoms with E-state index in [1.54, 1.807) is 21.6 Å². The first-order valence-corrected chi connectivity index (χ1v) is 20.1. The Morgan fingerprint density at radius 1 is 0.640 bits per heavy atom. The fourth-order valence-corrected chi connectivity index (χ4v) is 9.32. The minimum absolute atomic E-state index is 0.0723. The third kappa shape index (κ3) is 9.90. The Kier molecular flexibility index (Phi) is 13.9. The molecule has 2 fully saturated rings. The van der Waals surface area contributed by atoms with E-state index in [2.05, 4.69) is 49.6 Å². The number of carbonyl (C=O) groups is 2. The maximum Gasteiger partial charge on any atom is 0.349 e. The molecule has 266 valence electrons. The van der Waals surface area contributed by atoms with Gasteiger partial charge in [-0.15, -0.1) is 0 Å². The van der Waals surface area contributed by atoms with Crippen LogP contribution in [0.5, 0.6) is 0 Å². The maximum atomic E-state index is 13.0. The Balaban J connectivity index is 1.21. The first kappa shape index (κ1) is 39.0. The third-order valence-electron chi connectivity index (χ3n) is 9.51. The summed E-state index contributed by atoms with van der Waals surface area (Å²) in [6.07, 6.45) is 7.90. The average Bonchev–Trinajstić information content (AvgIpc) is 3.81. The van der Waals surface area contributed by atoms with Crippen LogP contribution in [0, 0.1) is 56.2 Å². The second-order valence-corrected chi connectivity index (χ2v) is 17.5. The van der Waals surface area contributed by atoms with Gasteiger partial charge in [-0.1, -0.05) is 49.3 Å². The van der Waals surface area contributed by atoms with Gasteiger partial charge < -0.3 is 19.3 Å². The second-order valence-electron chi connectivity index (χ2n) is 14.8. The van der Waals surface area contributed by atoms with Crippen LogP contribution in [0.4, 0.5) is 0 Å². The summed E-state index contributed by atoms with van der Waals surface area (Å²) >= 11 is 0. The number of allylic oxidation sites excluding steroid dienone is 6. The lowest BCUT2D eigenvalue weighted by Gasteiger charge is -2.37. The van der Waals surface area contributed by atoms with Crippen molar-refractivity contribution in [3.63, 3.8) is 0 Å². The van der Waals surface area contributed by atoms with Crippen LogP contribution in [-0.2, 0) is 19.1 Å². The molecule has 0 aromatic carbocycles. The van der Waals surface area contributed by atoms with E-state index in [0.29, 0.717) is 48.0 Å². The summed E-state index contributed by atoms with van der Waals surface area (Å²) in [5.41, 5.74) is 3.27. The van der Waals surface area contributed by atoms with E-state index >= 15 is 0 Å². The molecule has 12 heteroatoms. The summed E-state index contributed by atoms with van der Waals surface area (Å²) in [5.74, 6) is 0.0754. The lowest BCUT2D eigenvalue weighted by molar-refractivity contribution is -0.139. The van der Waals surface area contributed by atoms with Gasteiger partial charge in [-0.25, -0.2) is 9.59 Å². The van der Waals surface area contributed by atoms with Crippen molar-refractivity contribution >= 4 is 33.5 Å². The van der Waals surface area contributed by atoms with Crippen LogP contribution in [0.1, 0.15) is 91.9 Å². The summed E-state index contributed by atoms with van der Waals surface area (Å²) in [7, 11) is 3.23. The number of rotatable bonds is 13. The lowest BCUT2D eigenvalue weighted by Crippen LogP contribution is -2.30. The van der Waals surface area contributed by atoms with Crippen molar-refractivity contribution in [2.45, 2.75) is 91.9 Å². The molecule has 0 N–H and O–H groups in total. The molecule has 2 saturated heterocycles. The second kappa shape index (κ2) is 17.9. The van der Waals surface area contributed by atoms with Gasteiger partial charge in [0.25, 0.3) is 0 Å². The van der Waals surface area contributed by atoms with Crippen LogP contribution in [0.25, 0.3) is 0 Å². The summed E-state index contributed by atoms with van der Waals surface area (Å²) < 4.78 is 11.0. The van der Waals surface area contributed by atoms with E-state index < -0.39 is 11.9 Å². The molecule has 10 nitrogen and oxygen atoms in total. The minimum atomic E-state index is -0.679. The Morgan fingerprint density at radius 2 is 1.00 bits per heavy atom. The van der Waals surface area contributed by atoms with Crippen molar-refractivity contribution in [1.29, 1.82) is 21.0 Å². The predicted molar refractivity (Wildman–Crippen MR) is 194 cm³/mol. The highest BCUT2D eigenvalue weighted by atomic mass is 33.1. The van der Waals surface area contributed by atoms with Crippen LogP contribution >= 0.6 is 21.6 Å². The summed E-state index contributed by atoms with van der Waals surface area (Å²) in [6, 6.07) is 8.68. The van der Waals surface area contributed by atoms with Crippen molar-refractivity contribution in [2.75, 3.05) is 50.9 Å². The van der Waals surface area contributed by atoms with Crippen LogP contribution in [0.2, 0.25) is 0 Å². The highest BCUT2D eigenvalue weighted by Crippen LogP contribution is 2.46. The first-order valence-electron chi connectivity index (χ1n) is 17.6. The van der Waals surface area contributed by atoms with Crippen molar-refractivity contribution in [1.82, 2.24) is 9.80 Å². The molecule has 2 heterocycles. The normalized spacial score (nSPS) is 21.9. The summed E-state index contributed by atoms with van der Waals surface area (Å²) in [5, 5.41) is 40.0. The van der Waals surface area contributed by atoms with Crippen molar-refractivity contribution in [3.8, 4) is 24.3 Å². The fraction of sp³-hybridized carbons (Fsp3) is 0.632. The molecule has 0 bridgehead atoms. The smallest absolute Gasteiger partial charge is 0.349 e. The van der Waals surface area contributed by atoms with E-state index in [-0.39, 0.29) is 35.2 Å². The zero-order valence-corrected chi connectivity index (χ0v) is 31.5. The molecule has 0 spiro atoms. The molecule has 2 aliphatic heterocycles. The molecule has 0 aromatic heterocycles. The van der Waals surface area contributed by atoms with E-state index in [1.807, 2.05) is 12.1 Å². The molecule has 4 rings (SSSR count). The third-order valence-corrected chi connectivity index (χ3v) is 12.1. The highest BCUT2D eigenvalue weighted by molar-refractivity contribution is 8.76. The zero-order valence-electron chi connectivity index (χ0n) is 29.9. The average molecular weight is 717 g/mol. The topological polar surface area (TPSA) is 154 Å². The van der Waals surface area contributed by atoms with Crippen LogP contribution < -0.4 is 0 Å². The molecule has 0 aromatic rings. The van der Waals surface area contributed by atoms with E-state index in [1.165, 1.54) is 0 Å². The van der Waals surface area contributed by atoms with Crippen LogP contribution in [0.15, 0.2) is 44.8 Å². The molecular formula is C38H48N6O4S2. The van der Waals surface area contributed by atoms with Gasteiger partial charge in [-0.3, -0.25) is 0 Å². The SMILES string of the molecule is CC1(C)CC(N2CCCC2)=C(C#N)/C(=C(\C#N)C(=O)OCCCSSCCCOC(=O)/C(C#N)=C2\CC(C)(C)CC(N3CCCC3)=C2C#N)C1. The van der Waals surface area contributed by atoms with Gasteiger partial charge in [0.15, 0.2) is 0 Å². The van der Waals surface area contributed by atoms with Gasteiger partial charge in [0, 0.05) is 49.1 Å². The van der Waals surface area contributed by atoms with Crippen molar-refractivity contribution < 1.29 is 19.1 Å². The molecule has 50 heavy (non-hydrogen) atoms. The molecule has 0 amide bonds. The maximum absolute atomic E-state index is 13.0. The Bertz CT molecular complexity index is 1500.